The molecule has 142 valence electrons. The number of hydrogen-bond donors (Lipinski definition) is 1. The number of nitrogens with zero attached hydrogens (tertiary/aromatic N) is 3. The molecule has 0 aromatic heterocycles. The second-order valence-electron chi connectivity index (χ2n) is 9.39. The minimum absolute atomic E-state index is 0.0220. The molecular formula is C20H35N3O2. The number of aliphatic imine (C=N–C) groups is 1. The van der Waals surface area contributed by atoms with Gasteiger partial charge in [0, 0.05) is 24.6 Å². The molecule has 2 heterocycles. The largest absolute Gasteiger partial charge is 0.394 e. The first kappa shape index (κ1) is 20.0. The molecule has 0 aromatic rings. The lowest BCUT2D eigenvalue weighted by atomic mass is 9.78. The molecule has 1 fully saturated rings. The minimum atomic E-state index is -0.182. The maximum Gasteiger partial charge on any atom is 0.220 e. The fourth-order valence-corrected chi connectivity index (χ4v) is 3.95. The van der Waals surface area contributed by atoms with Crippen LogP contribution in [0.25, 0.3) is 0 Å². The van der Waals surface area contributed by atoms with Gasteiger partial charge in [0.2, 0.25) is 5.91 Å². The molecule has 5 nitrogen and oxygen atoms in total. The van der Waals surface area contributed by atoms with E-state index in [9.17, 15) is 9.90 Å². The van der Waals surface area contributed by atoms with Gasteiger partial charge in [-0.3, -0.25) is 9.79 Å². The second-order valence-corrected chi connectivity index (χ2v) is 9.39. The monoisotopic (exact) mass is 349 g/mol. The van der Waals surface area contributed by atoms with Crippen LogP contribution in [0.2, 0.25) is 0 Å². The summed E-state index contributed by atoms with van der Waals surface area (Å²) in [6.07, 6.45) is 0.921. The number of aliphatic hydroxyl groups is 1. The Morgan fingerprint density at radius 2 is 1.84 bits per heavy atom. The minimum Gasteiger partial charge on any atom is -0.394 e. The fraction of sp³-hybridized carbons (Fsp3) is 0.800. The first-order valence-corrected chi connectivity index (χ1v) is 9.37. The van der Waals surface area contributed by atoms with E-state index in [1.807, 2.05) is 4.90 Å². The summed E-state index contributed by atoms with van der Waals surface area (Å²) in [5.74, 6) is 1.09. The van der Waals surface area contributed by atoms with Gasteiger partial charge in [-0.25, -0.2) is 0 Å². The Morgan fingerprint density at radius 3 is 2.24 bits per heavy atom. The highest BCUT2D eigenvalue weighted by Gasteiger charge is 2.43. The molecule has 0 bridgehead atoms. The van der Waals surface area contributed by atoms with Crippen molar-refractivity contribution < 1.29 is 9.90 Å². The summed E-state index contributed by atoms with van der Waals surface area (Å²) in [6.45, 7) is 18.2. The van der Waals surface area contributed by atoms with Crippen LogP contribution in [0.15, 0.2) is 16.3 Å². The third-order valence-corrected chi connectivity index (χ3v) is 5.18. The zero-order chi connectivity index (χ0) is 19.2. The van der Waals surface area contributed by atoms with Crippen molar-refractivity contribution >= 4 is 11.7 Å². The molecule has 0 aliphatic carbocycles. The molecule has 2 aliphatic heterocycles. The molecule has 0 saturated carbocycles. The van der Waals surface area contributed by atoms with E-state index >= 15 is 0 Å². The predicted octanol–water partition coefficient (Wildman–Crippen LogP) is 3.05. The summed E-state index contributed by atoms with van der Waals surface area (Å²) < 4.78 is 0. The molecule has 1 N–H and O–H groups in total. The van der Waals surface area contributed by atoms with E-state index in [1.165, 1.54) is 11.3 Å². The van der Waals surface area contributed by atoms with E-state index in [4.69, 9.17) is 4.99 Å². The average molecular weight is 350 g/mol. The summed E-state index contributed by atoms with van der Waals surface area (Å²) in [4.78, 5) is 21.4. The fourth-order valence-electron chi connectivity index (χ4n) is 3.95. The molecule has 0 radical (unpaired) electrons. The zero-order valence-electron chi connectivity index (χ0n) is 17.2. The number of aliphatic hydroxyl groups excluding tert-OH is 1. The van der Waals surface area contributed by atoms with Crippen LogP contribution < -0.4 is 0 Å². The van der Waals surface area contributed by atoms with Gasteiger partial charge in [0.05, 0.1) is 25.2 Å². The highest BCUT2D eigenvalue weighted by Crippen LogP contribution is 2.40. The van der Waals surface area contributed by atoms with Crippen LogP contribution in [0.1, 0.15) is 61.8 Å². The van der Waals surface area contributed by atoms with E-state index in [0.717, 1.165) is 12.3 Å². The quantitative estimate of drug-likeness (QED) is 0.834. The SMILES string of the molecule is CCC1=C2CN(C(C)=O)C(CO)CN2C(C(C)(C)C)=N[C@H]1C(C)(C)C. The van der Waals surface area contributed by atoms with Crippen LogP contribution in [-0.4, -0.2) is 58.4 Å². The average Bonchev–Trinajstić information content (AvgIpc) is 2.49. The van der Waals surface area contributed by atoms with Crippen LogP contribution in [0.3, 0.4) is 0 Å². The van der Waals surface area contributed by atoms with Crippen LogP contribution in [0, 0.1) is 10.8 Å². The first-order valence-electron chi connectivity index (χ1n) is 9.37. The van der Waals surface area contributed by atoms with E-state index in [1.54, 1.807) is 6.92 Å². The number of carbonyl (C=O) groups is 1. The molecule has 2 rings (SSSR count). The van der Waals surface area contributed by atoms with Gasteiger partial charge in [0.25, 0.3) is 0 Å². The number of fused-ring (bicyclic) bond motifs is 1. The lowest BCUT2D eigenvalue weighted by Crippen LogP contribution is -2.60. The molecule has 2 aliphatic rings. The van der Waals surface area contributed by atoms with Gasteiger partial charge in [-0.05, 0) is 17.4 Å². The van der Waals surface area contributed by atoms with Crippen molar-refractivity contribution in [3.8, 4) is 0 Å². The highest BCUT2D eigenvalue weighted by atomic mass is 16.3. The number of rotatable bonds is 2. The Bertz CT molecular complexity index is 593. The lowest BCUT2D eigenvalue weighted by Gasteiger charge is -2.50. The van der Waals surface area contributed by atoms with Gasteiger partial charge >= 0.3 is 0 Å². The Kier molecular flexibility index (Phi) is 5.39. The number of carbonyl (C=O) groups excluding carboxylic acids is 1. The van der Waals surface area contributed by atoms with Gasteiger partial charge in [0.15, 0.2) is 0 Å². The topological polar surface area (TPSA) is 56.1 Å². The van der Waals surface area contributed by atoms with Gasteiger partial charge in [-0.15, -0.1) is 0 Å². The molecule has 2 atom stereocenters. The van der Waals surface area contributed by atoms with Gasteiger partial charge in [-0.1, -0.05) is 48.5 Å². The Balaban J connectivity index is 2.60. The van der Waals surface area contributed by atoms with Crippen molar-refractivity contribution in [2.45, 2.75) is 73.9 Å². The molecule has 1 amide bonds. The zero-order valence-corrected chi connectivity index (χ0v) is 17.2. The molecular weight excluding hydrogens is 314 g/mol. The number of hydrogen-bond acceptors (Lipinski definition) is 4. The number of amidine groups is 1. The summed E-state index contributed by atoms with van der Waals surface area (Å²) in [5.41, 5.74) is 2.47. The van der Waals surface area contributed by atoms with Crippen molar-refractivity contribution in [2.24, 2.45) is 15.8 Å². The Labute approximate surface area is 152 Å². The van der Waals surface area contributed by atoms with Gasteiger partial charge in [0.1, 0.15) is 5.84 Å². The van der Waals surface area contributed by atoms with Crippen LogP contribution >= 0.6 is 0 Å². The van der Waals surface area contributed by atoms with Crippen LogP contribution in [0.5, 0.6) is 0 Å². The molecule has 0 spiro atoms. The molecule has 5 heteroatoms. The second kappa shape index (κ2) is 6.75. The lowest BCUT2D eigenvalue weighted by molar-refractivity contribution is -0.133. The van der Waals surface area contributed by atoms with Crippen molar-refractivity contribution in [2.75, 3.05) is 19.7 Å². The van der Waals surface area contributed by atoms with Gasteiger partial charge < -0.3 is 14.9 Å². The summed E-state index contributed by atoms with van der Waals surface area (Å²) in [6, 6.07) is -0.0597. The van der Waals surface area contributed by atoms with Crippen molar-refractivity contribution in [3.05, 3.63) is 11.3 Å². The maximum atomic E-state index is 12.1. The third kappa shape index (κ3) is 3.76. The Morgan fingerprint density at radius 1 is 1.24 bits per heavy atom. The van der Waals surface area contributed by atoms with Crippen molar-refractivity contribution in [1.82, 2.24) is 9.80 Å². The van der Waals surface area contributed by atoms with E-state index < -0.39 is 0 Å². The number of piperazine rings is 1. The third-order valence-electron chi connectivity index (χ3n) is 5.18. The van der Waals surface area contributed by atoms with Crippen molar-refractivity contribution in [1.29, 1.82) is 0 Å². The standard InChI is InChI=1S/C20H35N3O2/c1-9-15-16-11-22(13(2)25)14(12-24)10-23(16)18(20(6,7)8)21-17(15)19(3,4)5/h14,17,24H,9-12H2,1-8H3/t14?,17-/m1/s1. The summed E-state index contributed by atoms with van der Waals surface area (Å²) >= 11 is 0. The summed E-state index contributed by atoms with van der Waals surface area (Å²) in [5, 5.41) is 9.82. The van der Waals surface area contributed by atoms with E-state index in [-0.39, 0.29) is 35.4 Å². The van der Waals surface area contributed by atoms with Crippen molar-refractivity contribution in [3.63, 3.8) is 0 Å². The predicted molar refractivity (Wildman–Crippen MR) is 102 cm³/mol. The van der Waals surface area contributed by atoms with E-state index in [0.29, 0.717) is 13.1 Å². The molecule has 0 aromatic carbocycles. The smallest absolute Gasteiger partial charge is 0.220 e. The highest BCUT2D eigenvalue weighted by molar-refractivity contribution is 5.91. The van der Waals surface area contributed by atoms with E-state index in [2.05, 4.69) is 53.4 Å². The normalized spacial score (nSPS) is 25.1. The van der Waals surface area contributed by atoms with Crippen LogP contribution in [0.4, 0.5) is 0 Å². The summed E-state index contributed by atoms with van der Waals surface area (Å²) in [7, 11) is 0. The number of amides is 1. The first-order chi connectivity index (χ1) is 11.4. The van der Waals surface area contributed by atoms with Crippen LogP contribution in [-0.2, 0) is 4.79 Å². The Hall–Kier alpha value is -1.36. The van der Waals surface area contributed by atoms with Gasteiger partial charge in [-0.2, -0.15) is 0 Å². The molecule has 1 unspecified atom stereocenters. The maximum absolute atomic E-state index is 12.1. The molecule has 25 heavy (non-hydrogen) atoms. The molecule has 1 saturated heterocycles.